The predicted molar refractivity (Wildman–Crippen MR) is 78.1 cm³/mol. The van der Waals surface area contributed by atoms with E-state index in [0.717, 1.165) is 5.69 Å². The Balaban J connectivity index is 2.20. The molecule has 106 valence electrons. The highest BCUT2D eigenvalue weighted by molar-refractivity contribution is 6.05. The number of aromatic amines is 1. The second kappa shape index (κ2) is 5.00. The minimum absolute atomic E-state index is 0.00317. The zero-order chi connectivity index (χ0) is 14.9. The Bertz CT molecular complexity index is 639. The standard InChI is InChI=1S/C15H19N3O2/c1-9-6-5-7-10(13(9)19)14(20)16-12-8-11(17-18-12)15(2,3)4/h5-8,19H,1-4H3,(H2,16,17,18,20). The topological polar surface area (TPSA) is 78.0 Å². The molecule has 0 aliphatic carbocycles. The molecule has 0 saturated heterocycles. The van der Waals surface area contributed by atoms with Crippen molar-refractivity contribution < 1.29 is 9.90 Å². The lowest BCUT2D eigenvalue weighted by atomic mass is 9.92. The van der Waals surface area contributed by atoms with E-state index in [2.05, 4.69) is 36.3 Å². The van der Waals surface area contributed by atoms with Gasteiger partial charge in [-0.1, -0.05) is 32.9 Å². The molecule has 1 aromatic heterocycles. The molecular formula is C15H19N3O2. The molecule has 0 fully saturated rings. The number of carbonyl (C=O) groups excluding carboxylic acids is 1. The second-order valence-electron chi connectivity index (χ2n) is 5.84. The van der Waals surface area contributed by atoms with Gasteiger partial charge in [-0.2, -0.15) is 5.10 Å². The van der Waals surface area contributed by atoms with Crippen molar-refractivity contribution in [3.8, 4) is 5.75 Å². The fourth-order valence-corrected chi connectivity index (χ4v) is 1.80. The van der Waals surface area contributed by atoms with Crippen molar-refractivity contribution >= 4 is 11.7 Å². The van der Waals surface area contributed by atoms with Crippen molar-refractivity contribution in [1.29, 1.82) is 0 Å². The van der Waals surface area contributed by atoms with Crippen LogP contribution in [0.25, 0.3) is 0 Å². The van der Waals surface area contributed by atoms with Crippen molar-refractivity contribution in [2.75, 3.05) is 5.32 Å². The van der Waals surface area contributed by atoms with E-state index < -0.39 is 0 Å². The lowest BCUT2D eigenvalue weighted by Gasteiger charge is -2.14. The number of hydrogen-bond acceptors (Lipinski definition) is 3. The van der Waals surface area contributed by atoms with E-state index in [1.165, 1.54) is 0 Å². The summed E-state index contributed by atoms with van der Waals surface area (Å²) < 4.78 is 0. The molecular weight excluding hydrogens is 254 g/mol. The van der Waals surface area contributed by atoms with Crippen LogP contribution in [-0.4, -0.2) is 21.2 Å². The summed E-state index contributed by atoms with van der Waals surface area (Å²) in [6, 6.07) is 6.85. The van der Waals surface area contributed by atoms with Gasteiger partial charge in [-0.15, -0.1) is 0 Å². The highest BCUT2D eigenvalue weighted by atomic mass is 16.3. The smallest absolute Gasteiger partial charge is 0.260 e. The Morgan fingerprint density at radius 3 is 2.65 bits per heavy atom. The van der Waals surface area contributed by atoms with E-state index in [9.17, 15) is 9.90 Å². The van der Waals surface area contributed by atoms with E-state index in [1.54, 1.807) is 31.2 Å². The molecule has 0 unspecified atom stereocenters. The lowest BCUT2D eigenvalue weighted by Crippen LogP contribution is -2.13. The van der Waals surface area contributed by atoms with Crippen molar-refractivity contribution in [3.05, 3.63) is 41.1 Å². The molecule has 0 saturated carbocycles. The minimum atomic E-state index is -0.377. The van der Waals surface area contributed by atoms with Crippen LogP contribution in [0.15, 0.2) is 24.3 Å². The molecule has 2 aromatic rings. The summed E-state index contributed by atoms with van der Waals surface area (Å²) in [6.07, 6.45) is 0. The van der Waals surface area contributed by atoms with Gasteiger partial charge in [0, 0.05) is 17.2 Å². The van der Waals surface area contributed by atoms with E-state index in [0.29, 0.717) is 11.4 Å². The maximum absolute atomic E-state index is 12.1. The third kappa shape index (κ3) is 2.82. The Kier molecular flexibility index (Phi) is 3.53. The Morgan fingerprint density at radius 1 is 1.35 bits per heavy atom. The fraction of sp³-hybridized carbons (Fsp3) is 0.333. The van der Waals surface area contributed by atoms with Crippen molar-refractivity contribution in [1.82, 2.24) is 10.2 Å². The van der Waals surface area contributed by atoms with Crippen molar-refractivity contribution in [2.24, 2.45) is 0 Å². The monoisotopic (exact) mass is 273 g/mol. The number of nitrogens with one attached hydrogen (secondary N) is 2. The molecule has 0 atom stereocenters. The maximum atomic E-state index is 12.1. The third-order valence-corrected chi connectivity index (χ3v) is 3.11. The van der Waals surface area contributed by atoms with E-state index in [1.807, 2.05) is 0 Å². The lowest BCUT2D eigenvalue weighted by molar-refractivity contribution is 0.102. The molecule has 1 heterocycles. The van der Waals surface area contributed by atoms with Crippen LogP contribution < -0.4 is 5.32 Å². The highest BCUT2D eigenvalue weighted by Gasteiger charge is 2.18. The van der Waals surface area contributed by atoms with Crippen LogP contribution in [0, 0.1) is 6.92 Å². The van der Waals surface area contributed by atoms with Crippen LogP contribution in [0.5, 0.6) is 5.75 Å². The van der Waals surface area contributed by atoms with Gasteiger partial charge in [0.25, 0.3) is 5.91 Å². The molecule has 3 N–H and O–H groups in total. The number of phenols is 1. The van der Waals surface area contributed by atoms with Crippen LogP contribution in [0.1, 0.15) is 42.4 Å². The summed E-state index contributed by atoms with van der Waals surface area (Å²) in [5, 5.41) is 19.5. The Morgan fingerprint density at radius 2 is 2.05 bits per heavy atom. The first kappa shape index (κ1) is 14.1. The summed E-state index contributed by atoms with van der Waals surface area (Å²) in [7, 11) is 0. The zero-order valence-electron chi connectivity index (χ0n) is 12.1. The van der Waals surface area contributed by atoms with Crippen LogP contribution >= 0.6 is 0 Å². The molecule has 1 amide bonds. The molecule has 0 spiro atoms. The summed E-state index contributed by atoms with van der Waals surface area (Å²) in [5.74, 6) is 0.0653. The summed E-state index contributed by atoms with van der Waals surface area (Å²) in [4.78, 5) is 12.1. The van der Waals surface area contributed by atoms with Crippen LogP contribution in [0.2, 0.25) is 0 Å². The highest BCUT2D eigenvalue weighted by Crippen LogP contribution is 2.24. The number of aromatic hydroxyl groups is 1. The van der Waals surface area contributed by atoms with E-state index >= 15 is 0 Å². The molecule has 0 aliphatic heterocycles. The molecule has 0 bridgehead atoms. The molecule has 2 rings (SSSR count). The van der Waals surface area contributed by atoms with Gasteiger partial charge < -0.3 is 10.4 Å². The first-order valence-electron chi connectivity index (χ1n) is 6.45. The average Bonchev–Trinajstić information content (AvgIpc) is 2.81. The number of anilines is 1. The summed E-state index contributed by atoms with van der Waals surface area (Å²) in [6.45, 7) is 7.91. The van der Waals surface area contributed by atoms with Gasteiger partial charge in [-0.05, 0) is 18.6 Å². The van der Waals surface area contributed by atoms with Crippen LogP contribution in [-0.2, 0) is 5.41 Å². The average molecular weight is 273 g/mol. The van der Waals surface area contributed by atoms with Crippen LogP contribution in [0.4, 0.5) is 5.82 Å². The first-order valence-corrected chi connectivity index (χ1v) is 6.45. The van der Waals surface area contributed by atoms with Gasteiger partial charge in [-0.25, -0.2) is 0 Å². The fourth-order valence-electron chi connectivity index (χ4n) is 1.80. The molecule has 1 aromatic carbocycles. The number of phenolic OH excluding ortho intramolecular Hbond substituents is 1. The number of aromatic nitrogens is 2. The second-order valence-corrected chi connectivity index (χ2v) is 5.84. The number of para-hydroxylation sites is 1. The molecule has 0 aliphatic rings. The number of benzene rings is 1. The number of H-pyrrole nitrogens is 1. The van der Waals surface area contributed by atoms with Gasteiger partial charge in [0.15, 0.2) is 5.82 Å². The normalized spacial score (nSPS) is 11.4. The number of rotatable bonds is 2. The van der Waals surface area contributed by atoms with Gasteiger partial charge >= 0.3 is 0 Å². The SMILES string of the molecule is Cc1cccc(C(=O)Nc2cc(C(C)(C)C)[nH]n2)c1O. The summed E-state index contributed by atoms with van der Waals surface area (Å²) >= 11 is 0. The minimum Gasteiger partial charge on any atom is -0.507 e. The number of nitrogens with zero attached hydrogens (tertiary/aromatic N) is 1. The largest absolute Gasteiger partial charge is 0.507 e. The van der Waals surface area contributed by atoms with Crippen LogP contribution in [0.3, 0.4) is 0 Å². The predicted octanol–water partition coefficient (Wildman–Crippen LogP) is 2.97. The van der Waals surface area contributed by atoms with Crippen molar-refractivity contribution in [3.63, 3.8) is 0 Å². The van der Waals surface area contributed by atoms with Gasteiger partial charge in [-0.3, -0.25) is 9.89 Å². The summed E-state index contributed by atoms with van der Waals surface area (Å²) in [5.41, 5.74) is 1.77. The number of hydrogen-bond donors (Lipinski definition) is 3. The molecule has 5 nitrogen and oxygen atoms in total. The first-order chi connectivity index (χ1) is 9.29. The molecule has 0 radical (unpaired) electrons. The quantitative estimate of drug-likeness (QED) is 0.787. The Labute approximate surface area is 118 Å². The van der Waals surface area contributed by atoms with Gasteiger partial charge in [0.1, 0.15) is 5.75 Å². The third-order valence-electron chi connectivity index (χ3n) is 3.11. The number of aryl methyl sites for hydroxylation is 1. The molecule has 20 heavy (non-hydrogen) atoms. The van der Waals surface area contributed by atoms with E-state index in [-0.39, 0.29) is 22.6 Å². The number of amides is 1. The number of carbonyl (C=O) groups is 1. The van der Waals surface area contributed by atoms with E-state index in [4.69, 9.17) is 0 Å². The molecule has 5 heteroatoms. The maximum Gasteiger partial charge on any atom is 0.260 e. The zero-order valence-corrected chi connectivity index (χ0v) is 12.1. The van der Waals surface area contributed by atoms with Gasteiger partial charge in [0.05, 0.1) is 5.56 Å². The van der Waals surface area contributed by atoms with Gasteiger partial charge in [0.2, 0.25) is 0 Å². The Hall–Kier alpha value is -2.30. The van der Waals surface area contributed by atoms with Crippen molar-refractivity contribution in [2.45, 2.75) is 33.1 Å².